The van der Waals surface area contributed by atoms with Gasteiger partial charge >= 0.3 is 0 Å². The monoisotopic (exact) mass is 215 g/mol. The van der Waals surface area contributed by atoms with Crippen LogP contribution in [-0.4, -0.2) is 22.5 Å². The largest absolute Gasteiger partial charge is 0.378 e. The van der Waals surface area contributed by atoms with E-state index in [0.29, 0.717) is 5.69 Å². The van der Waals surface area contributed by atoms with E-state index in [2.05, 4.69) is 4.72 Å². The molecule has 0 aliphatic carbocycles. The zero-order valence-electron chi connectivity index (χ0n) is 8.06. The molecular formula is C8H13N3O2S. The number of benzene rings is 1. The topological polar surface area (TPSA) is 75.4 Å². The lowest BCUT2D eigenvalue weighted by Crippen LogP contribution is -2.21. The first-order valence-electron chi connectivity index (χ1n) is 3.96. The van der Waals surface area contributed by atoms with Crippen molar-refractivity contribution in [1.29, 1.82) is 0 Å². The third-order valence-electron chi connectivity index (χ3n) is 1.62. The fourth-order valence-corrected chi connectivity index (χ4v) is 1.47. The van der Waals surface area contributed by atoms with Crippen molar-refractivity contribution in [2.45, 2.75) is 0 Å². The van der Waals surface area contributed by atoms with Crippen LogP contribution in [0, 0.1) is 0 Å². The van der Waals surface area contributed by atoms with E-state index in [-0.39, 0.29) is 0 Å². The number of nitrogens with zero attached hydrogens (tertiary/aromatic N) is 1. The van der Waals surface area contributed by atoms with E-state index in [1.807, 2.05) is 25.1 Å². The molecule has 0 fully saturated rings. The molecule has 14 heavy (non-hydrogen) atoms. The van der Waals surface area contributed by atoms with Crippen molar-refractivity contribution >= 4 is 21.6 Å². The first-order valence-corrected chi connectivity index (χ1v) is 5.51. The normalized spacial score (nSPS) is 11.1. The average Bonchev–Trinajstić information content (AvgIpc) is 2.01. The Bertz CT molecular complexity index is 414. The Morgan fingerprint density at radius 2 is 2.00 bits per heavy atom. The Hall–Kier alpha value is -1.27. The van der Waals surface area contributed by atoms with Crippen LogP contribution in [-0.2, 0) is 10.2 Å². The van der Waals surface area contributed by atoms with E-state index in [4.69, 9.17) is 5.14 Å². The summed E-state index contributed by atoms with van der Waals surface area (Å²) in [6.45, 7) is 0. The SMILES string of the molecule is CN(C)c1cccc(NS(N)(=O)=O)c1. The lowest BCUT2D eigenvalue weighted by Gasteiger charge is -2.13. The van der Waals surface area contributed by atoms with Crippen molar-refractivity contribution in [2.24, 2.45) is 5.14 Å². The van der Waals surface area contributed by atoms with Crippen LogP contribution in [0.25, 0.3) is 0 Å². The second kappa shape index (κ2) is 3.85. The maximum absolute atomic E-state index is 10.7. The van der Waals surface area contributed by atoms with Crippen LogP contribution >= 0.6 is 0 Å². The Morgan fingerprint density at radius 1 is 1.36 bits per heavy atom. The van der Waals surface area contributed by atoms with Crippen molar-refractivity contribution in [3.63, 3.8) is 0 Å². The summed E-state index contributed by atoms with van der Waals surface area (Å²) in [7, 11) is 0.0540. The van der Waals surface area contributed by atoms with Crippen LogP contribution < -0.4 is 14.8 Å². The number of hydrogen-bond donors (Lipinski definition) is 2. The lowest BCUT2D eigenvalue weighted by atomic mass is 10.3. The van der Waals surface area contributed by atoms with Crippen LogP contribution in [0.3, 0.4) is 0 Å². The van der Waals surface area contributed by atoms with Crippen molar-refractivity contribution in [1.82, 2.24) is 0 Å². The molecule has 78 valence electrons. The van der Waals surface area contributed by atoms with Gasteiger partial charge in [-0.2, -0.15) is 8.42 Å². The number of nitrogens with two attached hydrogens (primary N) is 1. The molecule has 0 spiro atoms. The third kappa shape index (κ3) is 3.23. The summed E-state index contributed by atoms with van der Waals surface area (Å²) in [5.74, 6) is 0. The predicted octanol–water partition coefficient (Wildman–Crippen LogP) is 0.368. The summed E-state index contributed by atoms with van der Waals surface area (Å²) < 4.78 is 23.7. The quantitative estimate of drug-likeness (QED) is 0.764. The van der Waals surface area contributed by atoms with E-state index in [1.54, 1.807) is 18.2 Å². The number of anilines is 2. The molecule has 0 aromatic heterocycles. The molecule has 0 amide bonds. The first-order chi connectivity index (χ1) is 6.38. The molecule has 0 saturated carbocycles. The molecule has 3 N–H and O–H groups in total. The van der Waals surface area contributed by atoms with E-state index in [1.165, 1.54) is 0 Å². The number of rotatable bonds is 3. The fourth-order valence-electron chi connectivity index (χ4n) is 1.01. The summed E-state index contributed by atoms with van der Waals surface area (Å²) in [5.41, 5.74) is 1.36. The van der Waals surface area contributed by atoms with Gasteiger partial charge in [0.2, 0.25) is 0 Å². The lowest BCUT2D eigenvalue weighted by molar-refractivity contribution is 0.603. The Labute approximate surface area is 83.7 Å². The molecule has 0 bridgehead atoms. The van der Waals surface area contributed by atoms with Gasteiger partial charge < -0.3 is 4.90 Å². The zero-order chi connectivity index (χ0) is 10.8. The minimum absolute atomic E-state index is 0.457. The van der Waals surface area contributed by atoms with Crippen molar-refractivity contribution < 1.29 is 8.42 Å². The predicted molar refractivity (Wildman–Crippen MR) is 57.5 cm³/mol. The summed E-state index contributed by atoms with van der Waals surface area (Å²) in [5, 5.41) is 4.84. The van der Waals surface area contributed by atoms with Crippen LogP contribution in [0.15, 0.2) is 24.3 Å². The maximum Gasteiger partial charge on any atom is 0.296 e. The summed E-state index contributed by atoms with van der Waals surface area (Å²) in [6, 6.07) is 6.96. The van der Waals surface area contributed by atoms with Gasteiger partial charge in [-0.25, -0.2) is 5.14 Å². The van der Waals surface area contributed by atoms with Gasteiger partial charge in [0.15, 0.2) is 0 Å². The first kappa shape index (κ1) is 10.8. The average molecular weight is 215 g/mol. The number of nitrogens with one attached hydrogen (secondary N) is 1. The van der Waals surface area contributed by atoms with E-state index >= 15 is 0 Å². The molecule has 0 saturated heterocycles. The second-order valence-corrected chi connectivity index (χ2v) is 4.39. The highest BCUT2D eigenvalue weighted by atomic mass is 32.2. The van der Waals surface area contributed by atoms with Gasteiger partial charge in [0.1, 0.15) is 0 Å². The highest BCUT2D eigenvalue weighted by molar-refractivity contribution is 7.90. The van der Waals surface area contributed by atoms with E-state index < -0.39 is 10.2 Å². The highest BCUT2D eigenvalue weighted by Crippen LogP contribution is 2.17. The minimum Gasteiger partial charge on any atom is -0.378 e. The summed E-state index contributed by atoms with van der Waals surface area (Å²) in [4.78, 5) is 1.87. The van der Waals surface area contributed by atoms with E-state index in [9.17, 15) is 8.42 Å². The smallest absolute Gasteiger partial charge is 0.296 e. The standard InChI is InChI=1S/C8H13N3O2S/c1-11(2)8-5-3-4-7(6-8)10-14(9,12)13/h3-6,10H,1-2H3,(H2,9,12,13). The molecule has 0 atom stereocenters. The fraction of sp³-hybridized carbons (Fsp3) is 0.250. The molecule has 5 nitrogen and oxygen atoms in total. The molecule has 0 aliphatic rings. The number of hydrogen-bond acceptors (Lipinski definition) is 3. The molecule has 0 radical (unpaired) electrons. The molecule has 1 rings (SSSR count). The minimum atomic E-state index is -3.69. The molecule has 0 unspecified atom stereocenters. The van der Waals surface area contributed by atoms with Gasteiger partial charge in [-0.05, 0) is 18.2 Å². The van der Waals surface area contributed by atoms with Gasteiger partial charge in [-0.3, -0.25) is 4.72 Å². The highest BCUT2D eigenvalue weighted by Gasteiger charge is 2.03. The Kier molecular flexibility index (Phi) is 2.97. The second-order valence-electron chi connectivity index (χ2n) is 3.09. The van der Waals surface area contributed by atoms with Gasteiger partial charge in [0.05, 0.1) is 5.69 Å². The molecule has 1 aromatic carbocycles. The van der Waals surface area contributed by atoms with Crippen molar-refractivity contribution in [3.8, 4) is 0 Å². The van der Waals surface area contributed by atoms with Gasteiger partial charge in [-0.1, -0.05) is 6.07 Å². The van der Waals surface area contributed by atoms with Crippen molar-refractivity contribution in [2.75, 3.05) is 23.7 Å². The maximum atomic E-state index is 10.7. The zero-order valence-corrected chi connectivity index (χ0v) is 8.88. The van der Waals surface area contributed by atoms with Gasteiger partial charge in [0.25, 0.3) is 10.2 Å². The third-order valence-corrected chi connectivity index (χ3v) is 2.14. The van der Waals surface area contributed by atoms with Crippen LogP contribution in [0.4, 0.5) is 11.4 Å². The van der Waals surface area contributed by atoms with Crippen LogP contribution in [0.5, 0.6) is 0 Å². The van der Waals surface area contributed by atoms with Gasteiger partial charge in [-0.15, -0.1) is 0 Å². The molecule has 0 heterocycles. The molecular weight excluding hydrogens is 202 g/mol. The molecule has 1 aromatic rings. The Morgan fingerprint density at radius 3 is 2.50 bits per heavy atom. The Balaban J connectivity index is 2.95. The van der Waals surface area contributed by atoms with Crippen molar-refractivity contribution in [3.05, 3.63) is 24.3 Å². The molecule has 6 heteroatoms. The van der Waals surface area contributed by atoms with Gasteiger partial charge in [0, 0.05) is 19.8 Å². The summed E-state index contributed by atoms with van der Waals surface area (Å²) in [6.07, 6.45) is 0. The summed E-state index contributed by atoms with van der Waals surface area (Å²) >= 11 is 0. The van der Waals surface area contributed by atoms with Crippen LogP contribution in [0.2, 0.25) is 0 Å². The van der Waals surface area contributed by atoms with Crippen LogP contribution in [0.1, 0.15) is 0 Å². The van der Waals surface area contributed by atoms with E-state index in [0.717, 1.165) is 5.69 Å². The molecule has 0 aliphatic heterocycles.